The average Bonchev–Trinajstić information content (AvgIpc) is 2.39. The lowest BCUT2D eigenvalue weighted by molar-refractivity contribution is 0.439. The van der Waals surface area contributed by atoms with Crippen molar-refractivity contribution in [3.8, 4) is 0 Å². The van der Waals surface area contributed by atoms with Crippen molar-refractivity contribution in [3.63, 3.8) is 0 Å². The second-order valence-electron chi connectivity index (χ2n) is 6.06. The molecular formula is C16H28N2O2S. The Morgan fingerprint density at radius 3 is 2.43 bits per heavy atom. The molecule has 0 aliphatic heterocycles. The van der Waals surface area contributed by atoms with Crippen molar-refractivity contribution in [2.75, 3.05) is 6.54 Å². The van der Waals surface area contributed by atoms with Gasteiger partial charge in [-0.15, -0.1) is 0 Å². The Kier molecular flexibility index (Phi) is 6.38. The number of nitrogens with one attached hydrogen (secondary N) is 2. The SMILES string of the molecule is CCCNCc1cccc(S(=O)(=O)NC(C)(C)CC)c1C. The minimum Gasteiger partial charge on any atom is -0.313 e. The second kappa shape index (κ2) is 7.38. The van der Waals surface area contributed by atoms with E-state index in [9.17, 15) is 8.42 Å². The Labute approximate surface area is 129 Å². The van der Waals surface area contributed by atoms with Crippen LogP contribution in [0.1, 0.15) is 51.7 Å². The first kappa shape index (κ1) is 18.1. The van der Waals surface area contributed by atoms with Crippen molar-refractivity contribution in [2.24, 2.45) is 0 Å². The predicted octanol–water partition coefficient (Wildman–Crippen LogP) is 2.96. The number of benzene rings is 1. The van der Waals surface area contributed by atoms with E-state index >= 15 is 0 Å². The molecule has 2 N–H and O–H groups in total. The molecule has 1 aromatic carbocycles. The first-order valence-corrected chi connectivity index (χ1v) is 9.05. The summed E-state index contributed by atoms with van der Waals surface area (Å²) in [4.78, 5) is 0.375. The summed E-state index contributed by atoms with van der Waals surface area (Å²) >= 11 is 0. The van der Waals surface area contributed by atoms with E-state index in [0.29, 0.717) is 11.4 Å². The number of hydrogen-bond acceptors (Lipinski definition) is 3. The lowest BCUT2D eigenvalue weighted by Gasteiger charge is -2.25. The fourth-order valence-electron chi connectivity index (χ4n) is 2.03. The van der Waals surface area contributed by atoms with Crippen LogP contribution in [0.2, 0.25) is 0 Å². The third kappa shape index (κ3) is 5.09. The van der Waals surface area contributed by atoms with E-state index in [-0.39, 0.29) is 0 Å². The van der Waals surface area contributed by atoms with Crippen molar-refractivity contribution in [1.82, 2.24) is 10.0 Å². The largest absolute Gasteiger partial charge is 0.313 e. The highest BCUT2D eigenvalue weighted by atomic mass is 32.2. The van der Waals surface area contributed by atoms with E-state index in [1.165, 1.54) is 0 Å². The van der Waals surface area contributed by atoms with E-state index in [1.54, 1.807) is 6.07 Å². The van der Waals surface area contributed by atoms with Gasteiger partial charge < -0.3 is 5.32 Å². The molecule has 1 rings (SSSR count). The minimum absolute atomic E-state index is 0.375. The van der Waals surface area contributed by atoms with Gasteiger partial charge in [0.1, 0.15) is 0 Å². The molecule has 5 heteroatoms. The minimum atomic E-state index is -3.49. The van der Waals surface area contributed by atoms with Gasteiger partial charge in [0, 0.05) is 12.1 Å². The maximum absolute atomic E-state index is 12.6. The highest BCUT2D eigenvalue weighted by Crippen LogP contribution is 2.21. The summed E-state index contributed by atoms with van der Waals surface area (Å²) in [5.74, 6) is 0. The summed E-state index contributed by atoms with van der Waals surface area (Å²) in [5, 5.41) is 3.32. The molecule has 0 heterocycles. The first-order chi connectivity index (χ1) is 9.73. The molecule has 1 aromatic rings. The van der Waals surface area contributed by atoms with Crippen molar-refractivity contribution in [3.05, 3.63) is 29.3 Å². The quantitative estimate of drug-likeness (QED) is 0.726. The highest BCUT2D eigenvalue weighted by molar-refractivity contribution is 7.89. The Hall–Kier alpha value is -0.910. The van der Waals surface area contributed by atoms with E-state index < -0.39 is 15.6 Å². The summed E-state index contributed by atoms with van der Waals surface area (Å²) < 4.78 is 27.9. The average molecular weight is 312 g/mol. The van der Waals surface area contributed by atoms with E-state index in [1.807, 2.05) is 39.8 Å². The molecular weight excluding hydrogens is 284 g/mol. The summed E-state index contributed by atoms with van der Waals surface area (Å²) in [6.07, 6.45) is 1.80. The lowest BCUT2D eigenvalue weighted by atomic mass is 10.0. The van der Waals surface area contributed by atoms with Crippen molar-refractivity contribution >= 4 is 10.0 Å². The van der Waals surface area contributed by atoms with Crippen LogP contribution >= 0.6 is 0 Å². The van der Waals surface area contributed by atoms with Crippen LogP contribution in [0.3, 0.4) is 0 Å². The van der Waals surface area contributed by atoms with Gasteiger partial charge in [0.2, 0.25) is 10.0 Å². The Bertz CT molecular complexity index is 566. The van der Waals surface area contributed by atoms with Crippen LogP contribution in [0, 0.1) is 6.92 Å². The van der Waals surface area contributed by atoms with Gasteiger partial charge >= 0.3 is 0 Å². The van der Waals surface area contributed by atoms with Crippen LogP contribution < -0.4 is 10.0 Å². The van der Waals surface area contributed by atoms with Gasteiger partial charge in [-0.05, 0) is 57.4 Å². The fourth-order valence-corrected chi connectivity index (χ4v) is 3.81. The van der Waals surface area contributed by atoms with E-state index in [0.717, 1.165) is 30.5 Å². The number of rotatable bonds is 8. The molecule has 0 unspecified atom stereocenters. The van der Waals surface area contributed by atoms with Crippen LogP contribution in [0.15, 0.2) is 23.1 Å². The van der Waals surface area contributed by atoms with Crippen LogP contribution in [-0.2, 0) is 16.6 Å². The van der Waals surface area contributed by atoms with Gasteiger partial charge in [0.15, 0.2) is 0 Å². The maximum atomic E-state index is 12.6. The van der Waals surface area contributed by atoms with Gasteiger partial charge in [-0.2, -0.15) is 0 Å². The zero-order valence-electron chi connectivity index (χ0n) is 13.8. The van der Waals surface area contributed by atoms with Crippen LogP contribution in [0.5, 0.6) is 0 Å². The topological polar surface area (TPSA) is 58.2 Å². The van der Waals surface area contributed by atoms with Crippen molar-refractivity contribution in [2.45, 2.75) is 64.4 Å². The molecule has 0 amide bonds. The Morgan fingerprint density at radius 2 is 1.86 bits per heavy atom. The summed E-state index contributed by atoms with van der Waals surface area (Å²) in [6.45, 7) is 11.4. The van der Waals surface area contributed by atoms with Gasteiger partial charge in [-0.3, -0.25) is 0 Å². The molecule has 0 aliphatic carbocycles. The third-order valence-electron chi connectivity index (χ3n) is 3.72. The molecule has 0 radical (unpaired) electrons. The second-order valence-corrected chi connectivity index (χ2v) is 7.71. The molecule has 0 aliphatic rings. The predicted molar refractivity (Wildman–Crippen MR) is 87.9 cm³/mol. The maximum Gasteiger partial charge on any atom is 0.241 e. The molecule has 0 saturated carbocycles. The lowest BCUT2D eigenvalue weighted by Crippen LogP contribution is -2.42. The zero-order valence-corrected chi connectivity index (χ0v) is 14.6. The van der Waals surface area contributed by atoms with E-state index in [2.05, 4.69) is 17.0 Å². The number of sulfonamides is 1. The highest BCUT2D eigenvalue weighted by Gasteiger charge is 2.26. The van der Waals surface area contributed by atoms with Gasteiger partial charge in [0.25, 0.3) is 0 Å². The third-order valence-corrected chi connectivity index (χ3v) is 5.57. The molecule has 0 fully saturated rings. The molecule has 21 heavy (non-hydrogen) atoms. The van der Waals surface area contributed by atoms with Crippen LogP contribution in [0.4, 0.5) is 0 Å². The first-order valence-electron chi connectivity index (χ1n) is 7.56. The molecule has 0 bridgehead atoms. The molecule has 0 saturated heterocycles. The Balaban J connectivity index is 3.05. The molecule has 0 spiro atoms. The number of hydrogen-bond donors (Lipinski definition) is 2. The van der Waals surface area contributed by atoms with Crippen LogP contribution in [-0.4, -0.2) is 20.5 Å². The zero-order chi connectivity index (χ0) is 16.1. The molecule has 4 nitrogen and oxygen atoms in total. The van der Waals surface area contributed by atoms with Crippen LogP contribution in [0.25, 0.3) is 0 Å². The summed E-state index contributed by atoms with van der Waals surface area (Å²) in [5.41, 5.74) is 1.41. The molecule has 120 valence electrons. The monoisotopic (exact) mass is 312 g/mol. The Morgan fingerprint density at radius 1 is 1.19 bits per heavy atom. The van der Waals surface area contributed by atoms with Gasteiger partial charge in [-0.25, -0.2) is 13.1 Å². The normalized spacial score (nSPS) is 12.6. The van der Waals surface area contributed by atoms with Crippen molar-refractivity contribution in [1.29, 1.82) is 0 Å². The fraction of sp³-hybridized carbons (Fsp3) is 0.625. The smallest absolute Gasteiger partial charge is 0.241 e. The molecule has 0 atom stereocenters. The summed E-state index contributed by atoms with van der Waals surface area (Å²) in [7, 11) is -3.49. The standard InChI is InChI=1S/C16H28N2O2S/c1-6-11-17-12-14-9-8-10-15(13(14)3)21(19,20)18-16(4,5)7-2/h8-10,17-18H,6-7,11-12H2,1-5H3. The van der Waals surface area contributed by atoms with Crippen molar-refractivity contribution < 1.29 is 8.42 Å². The molecule has 0 aromatic heterocycles. The van der Waals surface area contributed by atoms with E-state index in [4.69, 9.17) is 0 Å². The van der Waals surface area contributed by atoms with Gasteiger partial charge in [0.05, 0.1) is 4.90 Å². The van der Waals surface area contributed by atoms with Gasteiger partial charge in [-0.1, -0.05) is 26.0 Å². The summed E-state index contributed by atoms with van der Waals surface area (Å²) in [6, 6.07) is 5.46.